The van der Waals surface area contributed by atoms with Crippen LogP contribution in [0.2, 0.25) is 0 Å². The number of aromatic nitrogens is 2. The van der Waals surface area contributed by atoms with E-state index in [0.29, 0.717) is 32.5 Å². The van der Waals surface area contributed by atoms with Gasteiger partial charge in [0.15, 0.2) is 0 Å². The van der Waals surface area contributed by atoms with Crippen molar-refractivity contribution in [2.24, 2.45) is 0 Å². The van der Waals surface area contributed by atoms with Gasteiger partial charge in [0.25, 0.3) is 0 Å². The van der Waals surface area contributed by atoms with E-state index in [1.165, 1.54) is 5.56 Å². The average molecular weight is 341 g/mol. The molecule has 1 unspecified atom stereocenters. The minimum Gasteiger partial charge on any atom is -0.344 e. The van der Waals surface area contributed by atoms with E-state index in [4.69, 9.17) is 0 Å². The lowest BCUT2D eigenvalue weighted by Gasteiger charge is -2.30. The summed E-state index contributed by atoms with van der Waals surface area (Å²) in [7, 11) is 1.76. The highest BCUT2D eigenvalue weighted by molar-refractivity contribution is 5.78. The Hall–Kier alpha value is -2.83. The number of amides is 3. The van der Waals surface area contributed by atoms with E-state index in [9.17, 15) is 9.59 Å². The van der Waals surface area contributed by atoms with Gasteiger partial charge < -0.3 is 15.5 Å². The van der Waals surface area contributed by atoms with Gasteiger partial charge >= 0.3 is 6.03 Å². The van der Waals surface area contributed by atoms with Crippen LogP contribution in [0.5, 0.6) is 0 Å². The third-order valence-electron chi connectivity index (χ3n) is 4.28. The van der Waals surface area contributed by atoms with Crippen LogP contribution < -0.4 is 10.6 Å². The number of likely N-dealkylation sites (tertiary alicyclic amines) is 1. The van der Waals surface area contributed by atoms with E-state index in [-0.39, 0.29) is 18.0 Å². The Kier molecular flexibility index (Phi) is 5.33. The molecule has 1 aliphatic rings. The van der Waals surface area contributed by atoms with Crippen LogP contribution in [-0.4, -0.2) is 46.3 Å². The van der Waals surface area contributed by atoms with Crippen LogP contribution in [0.3, 0.4) is 0 Å². The third kappa shape index (κ3) is 4.82. The minimum atomic E-state index is -0.231. The SMILES string of the molecule is CN1CC(NC(=O)NCc2ccn(Cc3ccccc3)n2)CCC1=O. The Labute approximate surface area is 147 Å². The van der Waals surface area contributed by atoms with Gasteiger partial charge in [-0.05, 0) is 18.1 Å². The summed E-state index contributed by atoms with van der Waals surface area (Å²) in [5.74, 6) is 0.127. The molecule has 1 atom stereocenters. The third-order valence-corrected chi connectivity index (χ3v) is 4.28. The molecular weight excluding hydrogens is 318 g/mol. The monoisotopic (exact) mass is 341 g/mol. The zero-order chi connectivity index (χ0) is 17.6. The molecule has 3 rings (SSSR count). The molecule has 0 spiro atoms. The van der Waals surface area contributed by atoms with Crippen molar-refractivity contribution in [3.63, 3.8) is 0 Å². The molecule has 7 nitrogen and oxygen atoms in total. The number of likely N-dealkylation sites (N-methyl/N-ethyl adjacent to an activating group) is 1. The van der Waals surface area contributed by atoms with Crippen molar-refractivity contribution in [1.29, 1.82) is 0 Å². The van der Waals surface area contributed by atoms with Crippen molar-refractivity contribution in [2.45, 2.75) is 32.0 Å². The first-order valence-corrected chi connectivity index (χ1v) is 8.45. The summed E-state index contributed by atoms with van der Waals surface area (Å²) in [5, 5.41) is 10.2. The van der Waals surface area contributed by atoms with Crippen molar-refractivity contribution >= 4 is 11.9 Å². The van der Waals surface area contributed by atoms with Crippen LogP contribution >= 0.6 is 0 Å². The maximum atomic E-state index is 12.0. The quantitative estimate of drug-likeness (QED) is 0.862. The standard InChI is InChI=1S/C18H23N5O2/c1-22-13-16(7-8-17(22)24)20-18(25)19-11-15-9-10-23(21-15)12-14-5-3-2-4-6-14/h2-6,9-10,16H,7-8,11-13H2,1H3,(H2,19,20,25). The summed E-state index contributed by atoms with van der Waals surface area (Å²) < 4.78 is 1.85. The van der Waals surface area contributed by atoms with Gasteiger partial charge in [0.05, 0.1) is 18.8 Å². The molecule has 2 aromatic rings. The molecule has 132 valence electrons. The number of urea groups is 1. The summed E-state index contributed by atoms with van der Waals surface area (Å²) in [4.78, 5) is 25.1. The lowest BCUT2D eigenvalue weighted by atomic mass is 10.1. The number of benzene rings is 1. The number of carbonyl (C=O) groups is 2. The first kappa shape index (κ1) is 17.0. The number of nitrogens with zero attached hydrogens (tertiary/aromatic N) is 3. The average Bonchev–Trinajstić information content (AvgIpc) is 3.05. The highest BCUT2D eigenvalue weighted by atomic mass is 16.2. The van der Waals surface area contributed by atoms with Gasteiger partial charge in [0.1, 0.15) is 0 Å². The predicted octanol–water partition coefficient (Wildman–Crippen LogP) is 1.35. The van der Waals surface area contributed by atoms with Crippen molar-refractivity contribution in [3.8, 4) is 0 Å². The van der Waals surface area contributed by atoms with Crippen LogP contribution in [-0.2, 0) is 17.9 Å². The number of hydrogen-bond acceptors (Lipinski definition) is 3. The zero-order valence-electron chi connectivity index (χ0n) is 14.3. The second kappa shape index (κ2) is 7.83. The van der Waals surface area contributed by atoms with E-state index >= 15 is 0 Å². The van der Waals surface area contributed by atoms with Gasteiger partial charge in [-0.15, -0.1) is 0 Å². The molecule has 1 aromatic carbocycles. The molecule has 0 saturated carbocycles. The van der Waals surface area contributed by atoms with Gasteiger partial charge in [-0.2, -0.15) is 5.10 Å². The Bertz CT molecular complexity index is 728. The molecular formula is C18H23N5O2. The van der Waals surface area contributed by atoms with Crippen molar-refractivity contribution in [3.05, 3.63) is 53.9 Å². The molecule has 1 fully saturated rings. The second-order valence-electron chi connectivity index (χ2n) is 6.33. The van der Waals surface area contributed by atoms with E-state index in [1.807, 2.05) is 35.1 Å². The molecule has 1 aromatic heterocycles. The number of piperidine rings is 1. The maximum absolute atomic E-state index is 12.0. The van der Waals surface area contributed by atoms with Crippen LogP contribution in [0.15, 0.2) is 42.6 Å². The number of nitrogens with one attached hydrogen (secondary N) is 2. The molecule has 0 aliphatic carbocycles. The number of rotatable bonds is 5. The van der Waals surface area contributed by atoms with Crippen LogP contribution in [0.4, 0.5) is 4.79 Å². The highest BCUT2D eigenvalue weighted by Crippen LogP contribution is 2.09. The normalized spacial score (nSPS) is 17.4. The van der Waals surface area contributed by atoms with E-state index < -0.39 is 0 Å². The Balaban J connectivity index is 1.44. The Morgan fingerprint density at radius 1 is 1.28 bits per heavy atom. The summed E-state index contributed by atoms with van der Waals surface area (Å²) in [5.41, 5.74) is 1.99. The minimum absolute atomic E-state index is 0.00154. The predicted molar refractivity (Wildman–Crippen MR) is 93.8 cm³/mol. The lowest BCUT2D eigenvalue weighted by Crippen LogP contribution is -2.50. The molecule has 1 aliphatic heterocycles. The fraction of sp³-hybridized carbons (Fsp3) is 0.389. The molecule has 2 heterocycles. The molecule has 25 heavy (non-hydrogen) atoms. The number of carbonyl (C=O) groups excluding carboxylic acids is 2. The van der Waals surface area contributed by atoms with Gasteiger partial charge in [0, 0.05) is 32.3 Å². The molecule has 0 bridgehead atoms. The van der Waals surface area contributed by atoms with Gasteiger partial charge in [-0.1, -0.05) is 30.3 Å². The Morgan fingerprint density at radius 3 is 2.84 bits per heavy atom. The second-order valence-corrected chi connectivity index (χ2v) is 6.33. The van der Waals surface area contributed by atoms with Crippen molar-refractivity contribution in [1.82, 2.24) is 25.3 Å². The van der Waals surface area contributed by atoms with E-state index in [2.05, 4.69) is 27.9 Å². The molecule has 2 N–H and O–H groups in total. The van der Waals surface area contributed by atoms with E-state index in [1.54, 1.807) is 11.9 Å². The van der Waals surface area contributed by atoms with Gasteiger partial charge in [0.2, 0.25) is 5.91 Å². The van der Waals surface area contributed by atoms with Crippen LogP contribution in [0, 0.1) is 0 Å². The summed E-state index contributed by atoms with van der Waals surface area (Å²) in [6.07, 6.45) is 3.07. The van der Waals surface area contributed by atoms with Crippen molar-refractivity contribution < 1.29 is 9.59 Å². The molecule has 1 saturated heterocycles. The smallest absolute Gasteiger partial charge is 0.315 e. The lowest BCUT2D eigenvalue weighted by molar-refractivity contribution is -0.132. The zero-order valence-corrected chi connectivity index (χ0v) is 14.3. The molecule has 3 amide bonds. The fourth-order valence-electron chi connectivity index (χ4n) is 2.89. The van der Waals surface area contributed by atoms with Gasteiger partial charge in [-0.25, -0.2) is 4.79 Å². The molecule has 7 heteroatoms. The molecule has 0 radical (unpaired) electrons. The van der Waals surface area contributed by atoms with Crippen molar-refractivity contribution in [2.75, 3.05) is 13.6 Å². The van der Waals surface area contributed by atoms with E-state index in [0.717, 1.165) is 5.69 Å². The summed E-state index contributed by atoms with van der Waals surface area (Å²) in [6, 6.07) is 11.8. The van der Waals surface area contributed by atoms with Crippen LogP contribution in [0.25, 0.3) is 0 Å². The summed E-state index contributed by atoms with van der Waals surface area (Å²) in [6.45, 7) is 1.63. The summed E-state index contributed by atoms with van der Waals surface area (Å²) >= 11 is 0. The topological polar surface area (TPSA) is 79.3 Å². The fourth-order valence-corrected chi connectivity index (χ4v) is 2.89. The maximum Gasteiger partial charge on any atom is 0.315 e. The van der Waals surface area contributed by atoms with Crippen LogP contribution in [0.1, 0.15) is 24.1 Å². The largest absolute Gasteiger partial charge is 0.344 e. The van der Waals surface area contributed by atoms with Gasteiger partial charge in [-0.3, -0.25) is 9.48 Å². The first-order valence-electron chi connectivity index (χ1n) is 8.45. The highest BCUT2D eigenvalue weighted by Gasteiger charge is 2.23. The Morgan fingerprint density at radius 2 is 2.08 bits per heavy atom. The first-order chi connectivity index (χ1) is 12.1. The number of hydrogen-bond donors (Lipinski definition) is 2.